The molecule has 3 aromatic carbocycles. The van der Waals surface area contributed by atoms with Crippen molar-refractivity contribution in [3.05, 3.63) is 105 Å². The van der Waals surface area contributed by atoms with Crippen LogP contribution in [0.5, 0.6) is 0 Å². The Morgan fingerprint density at radius 2 is 1.20 bits per heavy atom. The molecule has 0 spiro atoms. The standard InChI is InChI=1S/C21H15N5O4/c27-25(28)18-10-4-8-16(12-18)20-22-23-21(17-9-5-11-19(13-17)26(29)30)24(20)14-15-6-2-1-3-7-15/h1-13H,14H2. The summed E-state index contributed by atoms with van der Waals surface area (Å²) in [5.74, 6) is 0.869. The van der Waals surface area contributed by atoms with Crippen LogP contribution in [0.3, 0.4) is 0 Å². The van der Waals surface area contributed by atoms with Gasteiger partial charge in [0.05, 0.1) is 16.4 Å². The predicted molar refractivity (Wildman–Crippen MR) is 110 cm³/mol. The molecule has 30 heavy (non-hydrogen) atoms. The summed E-state index contributed by atoms with van der Waals surface area (Å²) in [5, 5.41) is 30.9. The van der Waals surface area contributed by atoms with Crippen LogP contribution in [0.25, 0.3) is 22.8 Å². The summed E-state index contributed by atoms with van der Waals surface area (Å²) in [5.41, 5.74) is 1.92. The third kappa shape index (κ3) is 3.76. The quantitative estimate of drug-likeness (QED) is 0.347. The first kappa shape index (κ1) is 18.9. The second-order valence-corrected chi connectivity index (χ2v) is 6.53. The highest BCUT2D eigenvalue weighted by Crippen LogP contribution is 2.29. The molecule has 0 radical (unpaired) electrons. The Hall–Kier alpha value is -4.40. The molecule has 0 saturated carbocycles. The van der Waals surface area contributed by atoms with Crippen molar-refractivity contribution in [2.45, 2.75) is 6.54 Å². The Kier molecular flexibility index (Phi) is 5.00. The van der Waals surface area contributed by atoms with Crippen molar-refractivity contribution in [2.75, 3.05) is 0 Å². The van der Waals surface area contributed by atoms with Crippen LogP contribution in [0.2, 0.25) is 0 Å². The zero-order valence-electron chi connectivity index (χ0n) is 15.6. The summed E-state index contributed by atoms with van der Waals surface area (Å²) in [7, 11) is 0. The van der Waals surface area contributed by atoms with Crippen LogP contribution in [0, 0.1) is 20.2 Å². The lowest BCUT2D eigenvalue weighted by atomic mass is 10.1. The molecule has 0 aliphatic heterocycles. The molecule has 0 fully saturated rings. The third-order valence-corrected chi connectivity index (χ3v) is 4.56. The van der Waals surface area contributed by atoms with Gasteiger partial charge in [0.25, 0.3) is 11.4 Å². The van der Waals surface area contributed by atoms with Crippen molar-refractivity contribution in [2.24, 2.45) is 0 Å². The van der Waals surface area contributed by atoms with E-state index in [1.807, 2.05) is 30.3 Å². The molecule has 4 rings (SSSR count). The van der Waals surface area contributed by atoms with Gasteiger partial charge in [0.2, 0.25) is 0 Å². The van der Waals surface area contributed by atoms with Crippen molar-refractivity contribution in [1.29, 1.82) is 0 Å². The number of nitro groups is 2. The number of nitrogens with zero attached hydrogens (tertiary/aromatic N) is 5. The Balaban J connectivity index is 1.87. The second-order valence-electron chi connectivity index (χ2n) is 6.53. The van der Waals surface area contributed by atoms with Crippen LogP contribution >= 0.6 is 0 Å². The number of hydrogen-bond donors (Lipinski definition) is 0. The van der Waals surface area contributed by atoms with Gasteiger partial charge in [-0.2, -0.15) is 0 Å². The van der Waals surface area contributed by atoms with E-state index in [2.05, 4.69) is 10.2 Å². The summed E-state index contributed by atoms with van der Waals surface area (Å²) in [6.07, 6.45) is 0. The molecule has 0 amide bonds. The first-order valence-electron chi connectivity index (χ1n) is 9.00. The van der Waals surface area contributed by atoms with Crippen molar-refractivity contribution >= 4 is 11.4 Å². The van der Waals surface area contributed by atoms with Gasteiger partial charge in [0, 0.05) is 35.4 Å². The zero-order chi connectivity index (χ0) is 21.1. The van der Waals surface area contributed by atoms with E-state index in [-0.39, 0.29) is 11.4 Å². The fourth-order valence-corrected chi connectivity index (χ4v) is 3.16. The molecule has 9 heteroatoms. The molecule has 0 aliphatic carbocycles. The van der Waals surface area contributed by atoms with Gasteiger partial charge in [-0.25, -0.2) is 0 Å². The summed E-state index contributed by atoms with van der Waals surface area (Å²) < 4.78 is 1.80. The lowest BCUT2D eigenvalue weighted by Crippen LogP contribution is -2.05. The van der Waals surface area contributed by atoms with Crippen molar-refractivity contribution in [3.63, 3.8) is 0 Å². The normalized spacial score (nSPS) is 10.7. The van der Waals surface area contributed by atoms with Crippen molar-refractivity contribution < 1.29 is 9.85 Å². The van der Waals surface area contributed by atoms with Crippen LogP contribution in [0.1, 0.15) is 5.56 Å². The van der Waals surface area contributed by atoms with Crippen LogP contribution in [0.15, 0.2) is 78.9 Å². The zero-order valence-corrected chi connectivity index (χ0v) is 15.6. The average Bonchev–Trinajstić information content (AvgIpc) is 3.18. The Morgan fingerprint density at radius 3 is 1.67 bits per heavy atom. The van der Waals surface area contributed by atoms with Crippen LogP contribution in [0.4, 0.5) is 11.4 Å². The SMILES string of the molecule is O=[N+]([O-])c1cccc(-c2nnc(-c3cccc([N+](=O)[O-])c3)n2Cc2ccccc2)c1. The minimum Gasteiger partial charge on any atom is -0.303 e. The average molecular weight is 401 g/mol. The first-order valence-corrected chi connectivity index (χ1v) is 9.00. The maximum atomic E-state index is 11.2. The van der Waals surface area contributed by atoms with Gasteiger partial charge in [0.15, 0.2) is 11.6 Å². The van der Waals surface area contributed by atoms with E-state index in [1.165, 1.54) is 24.3 Å². The number of aromatic nitrogens is 3. The smallest absolute Gasteiger partial charge is 0.270 e. The number of rotatable bonds is 6. The molecule has 0 aliphatic rings. The van der Waals surface area contributed by atoms with E-state index in [1.54, 1.807) is 28.8 Å². The van der Waals surface area contributed by atoms with Gasteiger partial charge in [-0.15, -0.1) is 10.2 Å². The van der Waals surface area contributed by atoms with Crippen molar-refractivity contribution in [1.82, 2.24) is 14.8 Å². The Labute approximate surface area is 170 Å². The van der Waals surface area contributed by atoms with Crippen molar-refractivity contribution in [3.8, 4) is 22.8 Å². The summed E-state index contributed by atoms with van der Waals surface area (Å²) in [6.45, 7) is 0.393. The summed E-state index contributed by atoms with van der Waals surface area (Å²) in [4.78, 5) is 21.4. The monoisotopic (exact) mass is 401 g/mol. The molecular weight excluding hydrogens is 386 g/mol. The maximum Gasteiger partial charge on any atom is 0.270 e. The molecule has 9 nitrogen and oxygen atoms in total. The second kappa shape index (κ2) is 7.92. The van der Waals surface area contributed by atoms with Crippen LogP contribution in [-0.2, 0) is 6.54 Å². The van der Waals surface area contributed by atoms with E-state index in [9.17, 15) is 20.2 Å². The van der Waals surface area contributed by atoms with E-state index < -0.39 is 9.85 Å². The predicted octanol–water partition coefficient (Wildman–Crippen LogP) is 4.48. The first-order chi connectivity index (χ1) is 14.5. The number of non-ortho nitro benzene ring substituents is 2. The Bertz CT molecular complexity index is 1160. The third-order valence-electron chi connectivity index (χ3n) is 4.56. The molecule has 1 heterocycles. The lowest BCUT2D eigenvalue weighted by Gasteiger charge is -2.11. The molecule has 0 N–H and O–H groups in total. The minimum atomic E-state index is -0.469. The number of benzene rings is 3. The van der Waals surface area contributed by atoms with Gasteiger partial charge >= 0.3 is 0 Å². The van der Waals surface area contributed by atoms with E-state index in [4.69, 9.17) is 0 Å². The molecule has 0 unspecified atom stereocenters. The van der Waals surface area contributed by atoms with E-state index in [0.29, 0.717) is 29.3 Å². The molecule has 0 atom stereocenters. The fourth-order valence-electron chi connectivity index (χ4n) is 3.16. The summed E-state index contributed by atoms with van der Waals surface area (Å²) >= 11 is 0. The molecule has 4 aromatic rings. The highest BCUT2D eigenvalue weighted by molar-refractivity contribution is 5.66. The van der Waals surface area contributed by atoms with E-state index in [0.717, 1.165) is 5.56 Å². The topological polar surface area (TPSA) is 117 Å². The van der Waals surface area contributed by atoms with Gasteiger partial charge in [-0.1, -0.05) is 54.6 Å². The summed E-state index contributed by atoms with van der Waals surface area (Å²) in [6, 6.07) is 21.9. The van der Waals surface area contributed by atoms with Crippen LogP contribution < -0.4 is 0 Å². The number of nitro benzene ring substituents is 2. The largest absolute Gasteiger partial charge is 0.303 e. The minimum absolute atomic E-state index is 0.0568. The highest BCUT2D eigenvalue weighted by atomic mass is 16.6. The molecule has 148 valence electrons. The molecule has 1 aromatic heterocycles. The molecular formula is C21H15N5O4. The van der Waals surface area contributed by atoms with Gasteiger partial charge < -0.3 is 4.57 Å². The van der Waals surface area contributed by atoms with Gasteiger partial charge in [0.1, 0.15) is 0 Å². The van der Waals surface area contributed by atoms with Gasteiger partial charge in [-0.05, 0) is 5.56 Å². The molecule has 0 saturated heterocycles. The van der Waals surface area contributed by atoms with Gasteiger partial charge in [-0.3, -0.25) is 20.2 Å². The Morgan fingerprint density at radius 1 is 0.700 bits per heavy atom. The maximum absolute atomic E-state index is 11.2. The lowest BCUT2D eigenvalue weighted by molar-refractivity contribution is -0.385. The molecule has 0 bridgehead atoms. The van der Waals surface area contributed by atoms with Crippen LogP contribution in [-0.4, -0.2) is 24.6 Å². The number of hydrogen-bond acceptors (Lipinski definition) is 6. The highest BCUT2D eigenvalue weighted by Gasteiger charge is 2.19. The fraction of sp³-hybridized carbons (Fsp3) is 0.0476. The van der Waals surface area contributed by atoms with E-state index >= 15 is 0 Å².